The number of aryl methyl sites for hydroxylation is 1. The lowest BCUT2D eigenvalue weighted by Crippen LogP contribution is -2.61. The first-order valence-corrected chi connectivity index (χ1v) is 30.8. The second-order valence-corrected chi connectivity index (χ2v) is 23.3. The van der Waals surface area contributed by atoms with Gasteiger partial charge in [-0.1, -0.05) is 85.8 Å². The third-order valence-corrected chi connectivity index (χ3v) is 15.8. The number of unbranched alkanes of at least 4 members (excludes halogenated alkanes) is 2. The van der Waals surface area contributed by atoms with E-state index in [1.165, 1.54) is 4.68 Å². The molecular weight excluding hydrogens is 1160 g/mol. The smallest absolute Gasteiger partial charge is 0.326 e. The van der Waals surface area contributed by atoms with Crippen LogP contribution >= 0.6 is 0 Å². The maximum atomic E-state index is 15.3. The fraction of sp³-hybridized carbons (Fsp3) is 0.476. The number of hydrogen-bond donors (Lipinski definition) is 15. The van der Waals surface area contributed by atoms with Crippen LogP contribution in [0.3, 0.4) is 0 Å². The number of rotatable bonds is 28. The Morgan fingerprint density at radius 2 is 1.23 bits per heavy atom. The number of nitrogens with two attached hydrogens (primary N) is 3. The van der Waals surface area contributed by atoms with Crippen molar-refractivity contribution < 1.29 is 53.4 Å². The predicted octanol–water partition coefficient (Wildman–Crippen LogP) is 0.282. The summed E-state index contributed by atoms with van der Waals surface area (Å²) in [5.74, 6) is -7.63. The molecule has 484 valence electrons. The quantitative estimate of drug-likeness (QED) is 0.0293. The molecule has 8 amide bonds. The molecule has 90 heavy (non-hydrogen) atoms. The molecule has 4 heterocycles. The van der Waals surface area contributed by atoms with E-state index in [9.17, 15) is 39.0 Å². The van der Waals surface area contributed by atoms with Gasteiger partial charge in [0, 0.05) is 72.6 Å². The molecule has 3 unspecified atom stereocenters. The molecule has 0 aliphatic carbocycles. The van der Waals surface area contributed by atoms with Crippen molar-refractivity contribution in [2.45, 2.75) is 165 Å². The van der Waals surface area contributed by atoms with Gasteiger partial charge in [-0.2, -0.15) is 0 Å². The van der Waals surface area contributed by atoms with Gasteiger partial charge in [-0.25, -0.2) is 4.79 Å². The minimum absolute atomic E-state index is 0.0313. The molecule has 18 N–H and O–H groups in total. The molecule has 2 bridgehead atoms. The van der Waals surface area contributed by atoms with Crippen LogP contribution in [-0.2, 0) is 75.4 Å². The van der Waals surface area contributed by atoms with Gasteiger partial charge >= 0.3 is 5.97 Å². The molecule has 27 heteroatoms. The van der Waals surface area contributed by atoms with Crippen LogP contribution < -0.4 is 59.7 Å². The number of nitrogens with one attached hydrogen (secondary N) is 10. The SMILES string of the molecule is CC(C)C[C@H](NC(=O)[C@@H](N)CO)C(=O)N[C@@H](Cc1c[nH]c2ccccc12)C(=O)NC1Cc2cn(nn2)CCCCC(C(=O)N[C@@H](CCCCN)C(=O)N[C@@H](CCCCN)C(=O)O)NC(=O)C(Cc2ccccc2)NC(=O)[C@H](Cc2c[nH]c3ccccc23)NC1=O. The second kappa shape index (κ2) is 34.1. The van der Waals surface area contributed by atoms with Crippen LogP contribution in [0.5, 0.6) is 0 Å². The lowest BCUT2D eigenvalue weighted by Gasteiger charge is -2.28. The van der Waals surface area contributed by atoms with Crippen molar-refractivity contribution in [1.82, 2.24) is 67.5 Å². The maximum Gasteiger partial charge on any atom is 0.326 e. The zero-order chi connectivity index (χ0) is 64.7. The summed E-state index contributed by atoms with van der Waals surface area (Å²) in [6.45, 7) is 3.86. The van der Waals surface area contributed by atoms with Gasteiger partial charge in [0.25, 0.3) is 0 Å². The monoisotopic (exact) mass is 1240 g/mol. The minimum atomic E-state index is -1.49. The third-order valence-electron chi connectivity index (χ3n) is 15.8. The van der Waals surface area contributed by atoms with Crippen LogP contribution in [0, 0.1) is 5.92 Å². The van der Waals surface area contributed by atoms with Gasteiger partial charge in [-0.3, -0.25) is 43.0 Å². The number of aromatic nitrogens is 5. The Hall–Kier alpha value is -9.05. The molecule has 27 nitrogen and oxygen atoms in total. The summed E-state index contributed by atoms with van der Waals surface area (Å²) >= 11 is 0. The Labute approximate surface area is 521 Å². The first kappa shape index (κ1) is 68.4. The van der Waals surface area contributed by atoms with Gasteiger partial charge in [-0.15, -0.1) is 5.10 Å². The molecule has 3 aromatic heterocycles. The number of fused-ring (bicyclic) bond motifs is 4. The number of aromatic amines is 2. The topological polar surface area (TPSA) is 431 Å². The highest BCUT2D eigenvalue weighted by molar-refractivity contribution is 5.99. The summed E-state index contributed by atoms with van der Waals surface area (Å²) in [6, 6.07) is 11.5. The first-order chi connectivity index (χ1) is 43.3. The number of H-pyrrole nitrogens is 2. The standard InChI is InChI=1S/C63H86N16O11/c1-37(2)28-50(72-55(81)44(66)36-80)58(84)74-53(31-40-34-68-46-21-9-7-19-43(40)46)61(87)76-54-32-41-35-79(78-77-41)27-15-12-23-48(56(82)69-47(22-10-13-25-64)57(83)71-49(63(89)90)24-11-14-26-65)70-59(85)51(29-38-16-4-3-5-17-38)73-60(86)52(75-62(54)88)30-39-33-67-45-20-8-6-18-42(39)45/h3-9,16-21,33-35,37,44,47-54,67-68,80H,10-15,22-32,36,64-66H2,1-2H3,(H,69,82)(H,70,85)(H,71,83)(H,72,81)(H,73,86)(H,74,84)(H,75,88)(H,76,87)(H,89,90)/t44-,47-,48?,49-,50-,51?,52-,53-,54?/m0/s1. The Balaban J connectivity index is 1.24. The summed E-state index contributed by atoms with van der Waals surface area (Å²) in [5, 5.41) is 52.1. The van der Waals surface area contributed by atoms with E-state index >= 15 is 14.4 Å². The van der Waals surface area contributed by atoms with Crippen LogP contribution in [-0.4, -0.2) is 162 Å². The number of aliphatic hydroxyl groups is 1. The average Bonchev–Trinajstić information content (AvgIpc) is 2.03. The van der Waals surface area contributed by atoms with E-state index < -0.39 is 114 Å². The van der Waals surface area contributed by atoms with Crippen LogP contribution in [0.15, 0.2) is 97.5 Å². The number of aliphatic carboxylic acids is 1. The highest BCUT2D eigenvalue weighted by Crippen LogP contribution is 2.22. The summed E-state index contributed by atoms with van der Waals surface area (Å²) in [7, 11) is 0. The molecule has 9 atom stereocenters. The molecule has 3 aromatic carbocycles. The molecule has 0 radical (unpaired) electrons. The fourth-order valence-corrected chi connectivity index (χ4v) is 10.9. The van der Waals surface area contributed by atoms with Crippen molar-refractivity contribution in [1.29, 1.82) is 0 Å². The molecule has 1 aliphatic rings. The van der Waals surface area contributed by atoms with Crippen molar-refractivity contribution in [2.75, 3.05) is 19.7 Å². The maximum absolute atomic E-state index is 15.3. The van der Waals surface area contributed by atoms with E-state index in [1.54, 1.807) is 48.9 Å². The zero-order valence-corrected chi connectivity index (χ0v) is 50.9. The first-order valence-electron chi connectivity index (χ1n) is 30.8. The second-order valence-electron chi connectivity index (χ2n) is 23.3. The minimum Gasteiger partial charge on any atom is -0.480 e. The Morgan fingerprint density at radius 3 is 1.89 bits per heavy atom. The zero-order valence-electron chi connectivity index (χ0n) is 50.9. The summed E-state index contributed by atoms with van der Waals surface area (Å²) in [4.78, 5) is 135. The largest absolute Gasteiger partial charge is 0.480 e. The molecule has 0 saturated heterocycles. The van der Waals surface area contributed by atoms with Crippen molar-refractivity contribution in [3.63, 3.8) is 0 Å². The van der Waals surface area contributed by atoms with Gasteiger partial charge in [-0.05, 0) is 112 Å². The fourth-order valence-electron chi connectivity index (χ4n) is 10.9. The third kappa shape index (κ3) is 20.0. The number of aliphatic hydroxyl groups excluding tert-OH is 1. The van der Waals surface area contributed by atoms with Crippen molar-refractivity contribution in [3.05, 3.63) is 120 Å². The van der Waals surface area contributed by atoms with Gasteiger partial charge < -0.3 is 79.9 Å². The van der Waals surface area contributed by atoms with Crippen molar-refractivity contribution >= 4 is 75.0 Å². The Morgan fingerprint density at radius 1 is 0.656 bits per heavy atom. The van der Waals surface area contributed by atoms with Crippen LogP contribution in [0.4, 0.5) is 0 Å². The molecule has 0 fully saturated rings. The van der Waals surface area contributed by atoms with Gasteiger partial charge in [0.1, 0.15) is 54.4 Å². The van der Waals surface area contributed by atoms with E-state index in [1.807, 2.05) is 62.4 Å². The number of nitrogens with zero attached hydrogens (tertiary/aromatic N) is 3. The summed E-state index contributed by atoms with van der Waals surface area (Å²) in [5.41, 5.74) is 20.9. The van der Waals surface area contributed by atoms with Gasteiger partial charge in [0.2, 0.25) is 47.3 Å². The number of carbonyl (C=O) groups excluding carboxylic acids is 8. The Bertz CT molecular complexity index is 3390. The van der Waals surface area contributed by atoms with Crippen LogP contribution in [0.25, 0.3) is 21.8 Å². The van der Waals surface area contributed by atoms with Crippen LogP contribution in [0.1, 0.15) is 100 Å². The number of carboxylic acid groups (broad SMARTS) is 1. The predicted molar refractivity (Wildman–Crippen MR) is 335 cm³/mol. The average molecular weight is 1240 g/mol. The van der Waals surface area contributed by atoms with Crippen LogP contribution in [0.2, 0.25) is 0 Å². The van der Waals surface area contributed by atoms with Crippen molar-refractivity contribution in [3.8, 4) is 0 Å². The summed E-state index contributed by atoms with van der Waals surface area (Å²) < 4.78 is 1.52. The van der Waals surface area contributed by atoms with E-state index in [-0.39, 0.29) is 69.5 Å². The van der Waals surface area contributed by atoms with E-state index in [4.69, 9.17) is 17.2 Å². The molecule has 0 spiro atoms. The summed E-state index contributed by atoms with van der Waals surface area (Å²) in [6.07, 6.45) is 7.28. The van der Waals surface area contributed by atoms with Gasteiger partial charge in [0.15, 0.2) is 0 Å². The number of amides is 8. The van der Waals surface area contributed by atoms with Gasteiger partial charge in [0.05, 0.1) is 12.3 Å². The number of hydrogen-bond acceptors (Lipinski definition) is 15. The molecule has 6 aromatic rings. The number of carboxylic acids is 1. The lowest BCUT2D eigenvalue weighted by atomic mass is 9.99. The molecule has 7 rings (SSSR count). The van der Waals surface area contributed by atoms with E-state index in [0.717, 1.165) is 21.8 Å². The molecule has 1 aliphatic heterocycles. The highest BCUT2D eigenvalue weighted by Gasteiger charge is 2.37. The van der Waals surface area contributed by atoms with E-state index in [2.05, 4.69) is 62.8 Å². The molecule has 0 saturated carbocycles. The van der Waals surface area contributed by atoms with E-state index in [0.29, 0.717) is 68.3 Å². The molecular formula is C63H86N16O11. The normalized spacial score (nSPS) is 18.5. The number of benzene rings is 3. The Kier molecular flexibility index (Phi) is 25.9. The lowest BCUT2D eigenvalue weighted by molar-refractivity contribution is -0.142. The number of carbonyl (C=O) groups is 9. The van der Waals surface area contributed by atoms with Crippen molar-refractivity contribution in [2.24, 2.45) is 23.1 Å². The number of para-hydroxylation sites is 2. The highest BCUT2D eigenvalue weighted by atomic mass is 16.4.